The first-order valence-corrected chi connectivity index (χ1v) is 4.66. The summed E-state index contributed by atoms with van der Waals surface area (Å²) in [5.74, 6) is 0. The molecule has 1 aliphatic rings. The van der Waals surface area contributed by atoms with Crippen LogP contribution >= 0.6 is 0 Å². The minimum Gasteiger partial charge on any atom is -0.376 e. The summed E-state index contributed by atoms with van der Waals surface area (Å²) in [5.41, 5.74) is 0. The SMILES string of the molecule is N#CCN1CCC(OCC[O])CC1. The quantitative estimate of drug-likeness (QED) is 0.593. The second kappa shape index (κ2) is 5.92. The van der Waals surface area contributed by atoms with E-state index in [1.165, 1.54) is 0 Å². The van der Waals surface area contributed by atoms with Crippen LogP contribution in [-0.2, 0) is 9.84 Å². The van der Waals surface area contributed by atoms with Gasteiger partial charge in [0, 0.05) is 13.1 Å². The van der Waals surface area contributed by atoms with Gasteiger partial charge in [0.25, 0.3) is 0 Å². The van der Waals surface area contributed by atoms with Crippen molar-refractivity contribution >= 4 is 0 Å². The van der Waals surface area contributed by atoms with Crippen molar-refractivity contribution in [2.24, 2.45) is 0 Å². The summed E-state index contributed by atoms with van der Waals surface area (Å²) in [6.45, 7) is 2.50. The van der Waals surface area contributed by atoms with Crippen LogP contribution < -0.4 is 0 Å². The number of likely N-dealkylation sites (tertiary alicyclic amines) is 1. The van der Waals surface area contributed by atoms with Crippen LogP contribution in [0.5, 0.6) is 0 Å². The zero-order chi connectivity index (χ0) is 9.52. The summed E-state index contributed by atoms with van der Waals surface area (Å²) in [5, 5.41) is 18.6. The molecule has 0 aromatic heterocycles. The second-order valence-electron chi connectivity index (χ2n) is 3.21. The van der Waals surface area contributed by atoms with E-state index in [0.717, 1.165) is 25.9 Å². The van der Waals surface area contributed by atoms with Gasteiger partial charge < -0.3 is 4.74 Å². The molecule has 0 amide bonds. The van der Waals surface area contributed by atoms with E-state index in [0.29, 0.717) is 13.2 Å². The predicted octanol–water partition coefficient (Wildman–Crippen LogP) is 0.421. The molecule has 1 fully saturated rings. The summed E-state index contributed by atoms with van der Waals surface area (Å²) in [7, 11) is 0. The fraction of sp³-hybridized carbons (Fsp3) is 0.889. The molecule has 0 aliphatic carbocycles. The summed E-state index contributed by atoms with van der Waals surface area (Å²) >= 11 is 0. The van der Waals surface area contributed by atoms with Gasteiger partial charge in [0.2, 0.25) is 0 Å². The molecule has 4 heteroatoms. The van der Waals surface area contributed by atoms with Gasteiger partial charge in [0.05, 0.1) is 25.3 Å². The molecule has 13 heavy (non-hydrogen) atoms. The summed E-state index contributed by atoms with van der Waals surface area (Å²) in [4.78, 5) is 2.11. The van der Waals surface area contributed by atoms with Crippen molar-refractivity contribution in [2.45, 2.75) is 18.9 Å². The number of hydrogen-bond donors (Lipinski definition) is 0. The lowest BCUT2D eigenvalue weighted by atomic mass is 10.1. The van der Waals surface area contributed by atoms with E-state index in [1.807, 2.05) is 0 Å². The van der Waals surface area contributed by atoms with Gasteiger partial charge in [-0.25, -0.2) is 5.11 Å². The number of hydrogen-bond acceptors (Lipinski definition) is 3. The average Bonchev–Trinajstić information content (AvgIpc) is 2.17. The zero-order valence-corrected chi connectivity index (χ0v) is 7.74. The van der Waals surface area contributed by atoms with Crippen molar-refractivity contribution in [2.75, 3.05) is 32.8 Å². The third kappa shape index (κ3) is 3.73. The van der Waals surface area contributed by atoms with Gasteiger partial charge in [-0.15, -0.1) is 0 Å². The molecule has 0 saturated carbocycles. The fourth-order valence-corrected chi connectivity index (χ4v) is 1.55. The second-order valence-corrected chi connectivity index (χ2v) is 3.21. The van der Waals surface area contributed by atoms with E-state index in [9.17, 15) is 5.11 Å². The highest BCUT2D eigenvalue weighted by molar-refractivity contribution is 4.80. The lowest BCUT2D eigenvalue weighted by Gasteiger charge is -2.29. The Morgan fingerprint density at radius 3 is 2.69 bits per heavy atom. The maximum atomic E-state index is 10.2. The summed E-state index contributed by atoms with van der Waals surface area (Å²) in [6, 6.07) is 2.13. The number of nitrogens with zero attached hydrogens (tertiary/aromatic N) is 2. The van der Waals surface area contributed by atoms with Gasteiger partial charge in [-0.3, -0.25) is 4.90 Å². The van der Waals surface area contributed by atoms with Gasteiger partial charge >= 0.3 is 0 Å². The smallest absolute Gasteiger partial charge is 0.106 e. The molecule has 0 bridgehead atoms. The number of nitriles is 1. The van der Waals surface area contributed by atoms with Crippen LogP contribution in [0, 0.1) is 11.3 Å². The Hall–Kier alpha value is -0.630. The van der Waals surface area contributed by atoms with Crippen LogP contribution in [0.1, 0.15) is 12.8 Å². The molecule has 1 radical (unpaired) electrons. The monoisotopic (exact) mass is 183 g/mol. The van der Waals surface area contributed by atoms with Crippen LogP contribution in [0.25, 0.3) is 0 Å². The van der Waals surface area contributed by atoms with E-state index >= 15 is 0 Å². The van der Waals surface area contributed by atoms with Crippen LogP contribution in [0.3, 0.4) is 0 Å². The molecule has 0 N–H and O–H groups in total. The van der Waals surface area contributed by atoms with Crippen molar-refractivity contribution in [3.8, 4) is 6.07 Å². The Labute approximate surface area is 78.7 Å². The van der Waals surface area contributed by atoms with E-state index in [1.54, 1.807) is 0 Å². The third-order valence-corrected chi connectivity index (χ3v) is 2.27. The zero-order valence-electron chi connectivity index (χ0n) is 7.74. The summed E-state index contributed by atoms with van der Waals surface area (Å²) in [6.07, 6.45) is 2.13. The lowest BCUT2D eigenvalue weighted by molar-refractivity contribution is -0.0166. The average molecular weight is 183 g/mol. The van der Waals surface area contributed by atoms with Crippen molar-refractivity contribution in [1.82, 2.24) is 4.90 Å². The minimum atomic E-state index is -0.154. The Kier molecular flexibility index (Phi) is 4.76. The van der Waals surface area contributed by atoms with Crippen molar-refractivity contribution in [3.63, 3.8) is 0 Å². The molecule has 1 rings (SSSR count). The molecule has 1 heterocycles. The van der Waals surface area contributed by atoms with E-state index in [2.05, 4.69) is 11.0 Å². The molecular weight excluding hydrogens is 168 g/mol. The van der Waals surface area contributed by atoms with Gasteiger partial charge in [-0.1, -0.05) is 0 Å². The standard InChI is InChI=1S/C9H15N2O2/c10-3-6-11-4-1-9(2-5-11)13-8-7-12/h9H,1-2,4-8H2. The molecule has 0 spiro atoms. The van der Waals surface area contributed by atoms with Crippen molar-refractivity contribution in [3.05, 3.63) is 0 Å². The molecule has 1 saturated heterocycles. The molecule has 0 unspecified atom stereocenters. The summed E-state index contributed by atoms with van der Waals surface area (Å²) < 4.78 is 5.34. The first-order valence-electron chi connectivity index (χ1n) is 4.66. The van der Waals surface area contributed by atoms with Gasteiger partial charge in [0.1, 0.15) is 6.61 Å². The van der Waals surface area contributed by atoms with Crippen LogP contribution in [-0.4, -0.2) is 43.9 Å². The topological polar surface area (TPSA) is 56.2 Å². The van der Waals surface area contributed by atoms with Crippen LogP contribution in [0.2, 0.25) is 0 Å². The van der Waals surface area contributed by atoms with Crippen LogP contribution in [0.4, 0.5) is 0 Å². The molecule has 0 atom stereocenters. The van der Waals surface area contributed by atoms with Crippen LogP contribution in [0.15, 0.2) is 0 Å². The van der Waals surface area contributed by atoms with Crippen molar-refractivity contribution < 1.29 is 9.84 Å². The lowest BCUT2D eigenvalue weighted by Crippen LogP contribution is -2.37. The van der Waals surface area contributed by atoms with Gasteiger partial charge in [-0.05, 0) is 12.8 Å². The maximum Gasteiger partial charge on any atom is 0.106 e. The Balaban J connectivity index is 2.12. The first kappa shape index (κ1) is 10.5. The van der Waals surface area contributed by atoms with Gasteiger partial charge in [0.15, 0.2) is 0 Å². The largest absolute Gasteiger partial charge is 0.376 e. The van der Waals surface area contributed by atoms with E-state index in [4.69, 9.17) is 10.00 Å². The van der Waals surface area contributed by atoms with Gasteiger partial charge in [-0.2, -0.15) is 5.26 Å². The Morgan fingerprint density at radius 1 is 1.46 bits per heavy atom. The third-order valence-electron chi connectivity index (χ3n) is 2.27. The highest BCUT2D eigenvalue weighted by Crippen LogP contribution is 2.12. The van der Waals surface area contributed by atoms with Crippen molar-refractivity contribution in [1.29, 1.82) is 5.26 Å². The molecule has 4 nitrogen and oxygen atoms in total. The van der Waals surface area contributed by atoms with E-state index < -0.39 is 0 Å². The molecule has 73 valence electrons. The Morgan fingerprint density at radius 2 is 2.15 bits per heavy atom. The fourth-order valence-electron chi connectivity index (χ4n) is 1.55. The maximum absolute atomic E-state index is 10.2. The normalized spacial score (nSPS) is 20.0. The number of rotatable bonds is 4. The van der Waals surface area contributed by atoms with E-state index in [-0.39, 0.29) is 12.7 Å². The molecular formula is C9H15N2O2. The highest BCUT2D eigenvalue weighted by atomic mass is 16.5. The molecule has 0 aromatic rings. The number of piperidine rings is 1. The first-order chi connectivity index (χ1) is 6.36. The number of ether oxygens (including phenoxy) is 1. The Bertz CT molecular complexity index is 171. The molecule has 1 aliphatic heterocycles. The predicted molar refractivity (Wildman–Crippen MR) is 46.6 cm³/mol. The highest BCUT2D eigenvalue weighted by Gasteiger charge is 2.18. The minimum absolute atomic E-state index is 0.154. The molecule has 0 aromatic carbocycles.